The van der Waals surface area contributed by atoms with Crippen LogP contribution in [0.1, 0.15) is 13.3 Å². The Balaban J connectivity index is 4.39. The Kier molecular flexibility index (Phi) is 4.42. The van der Waals surface area contributed by atoms with E-state index >= 15 is 0 Å². The van der Waals surface area contributed by atoms with E-state index in [-0.39, 0.29) is 0 Å². The molecular formula is C9H17NO. The average Bonchev–Trinajstić information content (AvgIpc) is 1.88. The van der Waals surface area contributed by atoms with Gasteiger partial charge in [-0.25, -0.2) is 0 Å². The molecule has 0 atom stereocenters. The molecule has 2 nitrogen and oxygen atoms in total. The van der Waals surface area contributed by atoms with Gasteiger partial charge in [-0.1, -0.05) is 6.08 Å². The predicted molar refractivity (Wildman–Crippen MR) is 48.2 cm³/mol. The summed E-state index contributed by atoms with van der Waals surface area (Å²) in [5, 5.41) is 0. The normalized spacial score (nSPS) is 12.0. The summed E-state index contributed by atoms with van der Waals surface area (Å²) in [6.07, 6.45) is 2.75. The molecule has 0 N–H and O–H groups in total. The third kappa shape index (κ3) is 3.12. The summed E-state index contributed by atoms with van der Waals surface area (Å²) in [4.78, 5) is 1.96. The molecule has 64 valence electrons. The minimum Gasteiger partial charge on any atom is -0.482 e. The molecule has 0 amide bonds. The smallest absolute Gasteiger partial charge is 0.187 e. The molecule has 0 radical (unpaired) electrons. The van der Waals surface area contributed by atoms with Crippen molar-refractivity contribution in [2.45, 2.75) is 13.3 Å². The molecule has 0 unspecified atom stereocenters. The Morgan fingerprint density at radius 3 is 2.36 bits per heavy atom. The SMILES string of the molecule is C=CC/C(C)=C(\OC)N(C)C. The summed E-state index contributed by atoms with van der Waals surface area (Å²) in [5.74, 6) is 0.921. The largest absolute Gasteiger partial charge is 0.482 e. The number of allylic oxidation sites excluding steroid dienone is 2. The van der Waals surface area contributed by atoms with Gasteiger partial charge in [-0.05, 0) is 18.9 Å². The zero-order valence-corrected chi connectivity index (χ0v) is 7.85. The summed E-state index contributed by atoms with van der Waals surface area (Å²) in [6.45, 7) is 5.71. The van der Waals surface area contributed by atoms with Crippen LogP contribution in [-0.2, 0) is 4.74 Å². The van der Waals surface area contributed by atoms with Crippen molar-refractivity contribution in [3.8, 4) is 0 Å². The molecule has 0 saturated carbocycles. The van der Waals surface area contributed by atoms with Crippen LogP contribution in [0.15, 0.2) is 24.1 Å². The second-order valence-electron chi connectivity index (χ2n) is 2.68. The lowest BCUT2D eigenvalue weighted by molar-refractivity contribution is 0.188. The quantitative estimate of drug-likeness (QED) is 0.455. The first-order valence-corrected chi connectivity index (χ1v) is 3.65. The summed E-state index contributed by atoms with van der Waals surface area (Å²) in [6, 6.07) is 0. The standard InChI is InChI=1S/C9H17NO/c1-6-7-8(2)9(11-5)10(3)4/h6H,1,7H2,2-5H3/b9-8-. The van der Waals surface area contributed by atoms with Gasteiger partial charge in [-0.15, -0.1) is 6.58 Å². The van der Waals surface area contributed by atoms with Crippen molar-refractivity contribution in [3.63, 3.8) is 0 Å². The molecule has 0 heterocycles. The van der Waals surface area contributed by atoms with E-state index in [9.17, 15) is 0 Å². The van der Waals surface area contributed by atoms with Gasteiger partial charge in [0.2, 0.25) is 0 Å². The van der Waals surface area contributed by atoms with Gasteiger partial charge < -0.3 is 9.64 Å². The molecular weight excluding hydrogens is 138 g/mol. The number of rotatable bonds is 4. The Morgan fingerprint density at radius 1 is 1.55 bits per heavy atom. The summed E-state index contributed by atoms with van der Waals surface area (Å²) >= 11 is 0. The second-order valence-corrected chi connectivity index (χ2v) is 2.68. The number of hydrogen-bond acceptors (Lipinski definition) is 2. The van der Waals surface area contributed by atoms with Gasteiger partial charge in [0.1, 0.15) is 0 Å². The minimum atomic E-state index is 0.876. The second kappa shape index (κ2) is 4.83. The van der Waals surface area contributed by atoms with Crippen molar-refractivity contribution in [2.24, 2.45) is 0 Å². The Labute approximate surface area is 69.2 Å². The molecule has 0 aromatic heterocycles. The van der Waals surface area contributed by atoms with Crippen LogP contribution >= 0.6 is 0 Å². The summed E-state index contributed by atoms with van der Waals surface area (Å²) < 4.78 is 5.18. The number of hydrogen-bond donors (Lipinski definition) is 0. The van der Waals surface area contributed by atoms with Crippen molar-refractivity contribution in [3.05, 3.63) is 24.1 Å². The molecule has 2 heteroatoms. The van der Waals surface area contributed by atoms with Crippen LogP contribution in [0.2, 0.25) is 0 Å². The first-order chi connectivity index (χ1) is 5.13. The third-order valence-corrected chi connectivity index (χ3v) is 1.42. The van der Waals surface area contributed by atoms with E-state index < -0.39 is 0 Å². The van der Waals surface area contributed by atoms with E-state index in [0.29, 0.717) is 0 Å². The molecule has 0 bridgehead atoms. The Morgan fingerprint density at radius 2 is 2.09 bits per heavy atom. The fourth-order valence-corrected chi connectivity index (χ4v) is 1.04. The highest BCUT2D eigenvalue weighted by molar-refractivity contribution is 5.07. The highest BCUT2D eigenvalue weighted by Gasteiger charge is 2.02. The van der Waals surface area contributed by atoms with Crippen molar-refractivity contribution in [1.82, 2.24) is 4.90 Å². The monoisotopic (exact) mass is 155 g/mol. The van der Waals surface area contributed by atoms with Crippen molar-refractivity contribution in [2.75, 3.05) is 21.2 Å². The zero-order chi connectivity index (χ0) is 8.85. The van der Waals surface area contributed by atoms with E-state index in [1.165, 1.54) is 5.57 Å². The fraction of sp³-hybridized carbons (Fsp3) is 0.556. The maximum atomic E-state index is 5.18. The fourth-order valence-electron chi connectivity index (χ4n) is 1.04. The molecule has 0 aromatic carbocycles. The zero-order valence-electron chi connectivity index (χ0n) is 7.85. The Bertz CT molecular complexity index is 159. The van der Waals surface area contributed by atoms with E-state index in [1.54, 1.807) is 7.11 Å². The first kappa shape index (κ1) is 10.1. The van der Waals surface area contributed by atoms with Crippen LogP contribution in [0, 0.1) is 0 Å². The van der Waals surface area contributed by atoms with Crippen LogP contribution in [0.5, 0.6) is 0 Å². The maximum absolute atomic E-state index is 5.18. The average molecular weight is 155 g/mol. The maximum Gasteiger partial charge on any atom is 0.187 e. The molecule has 0 aromatic rings. The van der Waals surface area contributed by atoms with Gasteiger partial charge >= 0.3 is 0 Å². The van der Waals surface area contributed by atoms with Crippen molar-refractivity contribution >= 4 is 0 Å². The molecule has 0 spiro atoms. The van der Waals surface area contributed by atoms with Crippen LogP contribution in [0.25, 0.3) is 0 Å². The lowest BCUT2D eigenvalue weighted by atomic mass is 10.2. The topological polar surface area (TPSA) is 12.5 Å². The van der Waals surface area contributed by atoms with Crippen LogP contribution in [0.4, 0.5) is 0 Å². The van der Waals surface area contributed by atoms with Crippen molar-refractivity contribution < 1.29 is 4.74 Å². The first-order valence-electron chi connectivity index (χ1n) is 3.65. The molecule has 0 aliphatic heterocycles. The van der Waals surface area contributed by atoms with E-state index in [1.807, 2.05) is 32.0 Å². The van der Waals surface area contributed by atoms with Crippen molar-refractivity contribution in [1.29, 1.82) is 0 Å². The summed E-state index contributed by atoms with van der Waals surface area (Å²) in [7, 11) is 5.61. The molecule has 0 aliphatic carbocycles. The summed E-state index contributed by atoms with van der Waals surface area (Å²) in [5.41, 5.74) is 1.20. The molecule has 0 rings (SSSR count). The molecule has 11 heavy (non-hydrogen) atoms. The van der Waals surface area contributed by atoms with Gasteiger partial charge in [0.25, 0.3) is 0 Å². The number of ether oxygens (including phenoxy) is 1. The molecule has 0 aliphatic rings. The molecule has 0 fully saturated rings. The lowest BCUT2D eigenvalue weighted by Gasteiger charge is -2.17. The highest BCUT2D eigenvalue weighted by Crippen LogP contribution is 2.10. The van der Waals surface area contributed by atoms with Gasteiger partial charge in [0, 0.05) is 14.1 Å². The van der Waals surface area contributed by atoms with Gasteiger partial charge in [-0.2, -0.15) is 0 Å². The molecule has 0 saturated heterocycles. The van der Waals surface area contributed by atoms with Gasteiger partial charge in [-0.3, -0.25) is 0 Å². The van der Waals surface area contributed by atoms with E-state index in [2.05, 4.69) is 6.58 Å². The van der Waals surface area contributed by atoms with Crippen LogP contribution in [0.3, 0.4) is 0 Å². The number of methoxy groups -OCH3 is 1. The van der Waals surface area contributed by atoms with Crippen LogP contribution in [-0.4, -0.2) is 26.1 Å². The van der Waals surface area contributed by atoms with Gasteiger partial charge in [0.15, 0.2) is 5.88 Å². The predicted octanol–water partition coefficient (Wildman–Crippen LogP) is 2.00. The van der Waals surface area contributed by atoms with Crippen LogP contribution < -0.4 is 0 Å². The minimum absolute atomic E-state index is 0.876. The highest BCUT2D eigenvalue weighted by atomic mass is 16.5. The van der Waals surface area contributed by atoms with E-state index in [4.69, 9.17) is 4.74 Å². The van der Waals surface area contributed by atoms with Gasteiger partial charge in [0.05, 0.1) is 7.11 Å². The van der Waals surface area contributed by atoms with E-state index in [0.717, 1.165) is 12.3 Å². The lowest BCUT2D eigenvalue weighted by Crippen LogP contribution is -2.14. The Hall–Kier alpha value is -0.920. The third-order valence-electron chi connectivity index (χ3n) is 1.42. The number of nitrogens with zero attached hydrogens (tertiary/aromatic N) is 1.